The molecule has 2 atom stereocenters. The summed E-state index contributed by atoms with van der Waals surface area (Å²) in [4.78, 5) is 34.0. The first kappa shape index (κ1) is 57.0. The summed E-state index contributed by atoms with van der Waals surface area (Å²) in [6.07, 6.45) is 47.6. The maximum Gasteiger partial charge on any atom is 0.472 e. The number of phosphoric acid groups is 1. The van der Waals surface area contributed by atoms with E-state index in [1.165, 1.54) is 199 Å². The maximum absolute atomic E-state index is 12.1. The van der Waals surface area contributed by atoms with E-state index in [1.54, 1.807) is 0 Å². The van der Waals surface area contributed by atoms with E-state index in [0.717, 1.165) is 38.5 Å². The molecule has 10 heteroatoms. The van der Waals surface area contributed by atoms with Gasteiger partial charge in [-0.2, -0.15) is 0 Å². The van der Waals surface area contributed by atoms with E-state index in [2.05, 4.69) is 19.2 Å². The number of hydrogen-bond donors (Lipinski definition) is 3. The molecule has 0 radical (unpaired) electrons. The van der Waals surface area contributed by atoms with Crippen molar-refractivity contribution in [2.24, 2.45) is 0 Å². The van der Waals surface area contributed by atoms with Crippen LogP contribution in [0.1, 0.15) is 264 Å². The minimum Gasteiger partial charge on any atom is -0.463 e. The Kier molecular flexibility index (Phi) is 44.8. The molecule has 0 aliphatic carbocycles. The zero-order valence-corrected chi connectivity index (χ0v) is 39.2. The fourth-order valence-corrected chi connectivity index (χ4v) is 8.26. The Morgan fingerprint density at radius 1 is 0.466 bits per heavy atom. The summed E-state index contributed by atoms with van der Waals surface area (Å²) < 4.78 is 26.9. The number of carbonyl (C=O) groups is 2. The van der Waals surface area contributed by atoms with E-state index in [9.17, 15) is 24.2 Å². The van der Waals surface area contributed by atoms with Crippen molar-refractivity contribution in [1.82, 2.24) is 5.32 Å². The van der Waals surface area contributed by atoms with Crippen LogP contribution in [-0.4, -0.2) is 54.3 Å². The van der Waals surface area contributed by atoms with E-state index in [-0.39, 0.29) is 25.7 Å². The largest absolute Gasteiger partial charge is 0.472 e. The summed E-state index contributed by atoms with van der Waals surface area (Å²) in [6.45, 7) is 3.61. The normalized spacial score (nSPS) is 13.1. The predicted octanol–water partition coefficient (Wildman–Crippen LogP) is 14.4. The summed E-state index contributed by atoms with van der Waals surface area (Å²) in [5.74, 6) is -0.500. The zero-order valence-electron chi connectivity index (χ0n) is 38.3. The highest BCUT2D eigenvalue weighted by Gasteiger charge is 2.23. The quantitative estimate of drug-likeness (QED) is 0.0313. The van der Waals surface area contributed by atoms with Crippen LogP contribution >= 0.6 is 7.82 Å². The Hall–Kier alpha value is -0.990. The third kappa shape index (κ3) is 46.1. The van der Waals surface area contributed by atoms with E-state index >= 15 is 0 Å². The van der Waals surface area contributed by atoms with Gasteiger partial charge in [0.15, 0.2) is 0 Å². The molecule has 0 aliphatic rings. The Morgan fingerprint density at radius 2 is 0.776 bits per heavy atom. The van der Waals surface area contributed by atoms with Crippen LogP contribution in [-0.2, 0) is 27.9 Å². The first-order valence-corrected chi connectivity index (χ1v) is 26.5. The predicted molar refractivity (Wildman–Crippen MR) is 243 cm³/mol. The number of carbonyl (C=O) groups excluding carboxylic acids is 2. The molecule has 1 amide bonds. The molecule has 0 aromatic carbocycles. The zero-order chi connectivity index (χ0) is 42.5. The molecule has 0 aromatic rings. The maximum atomic E-state index is 12.1. The van der Waals surface area contributed by atoms with Crippen molar-refractivity contribution >= 4 is 19.7 Å². The molecule has 2 unspecified atom stereocenters. The van der Waals surface area contributed by atoms with E-state index in [1.807, 2.05) is 0 Å². The molecule has 58 heavy (non-hydrogen) atoms. The van der Waals surface area contributed by atoms with Crippen LogP contribution in [0.3, 0.4) is 0 Å². The molecular weight excluding hydrogens is 750 g/mol. The second kappa shape index (κ2) is 45.5. The average molecular weight is 846 g/mol. The van der Waals surface area contributed by atoms with Crippen LogP contribution in [0, 0.1) is 0 Å². The first-order chi connectivity index (χ1) is 28.3. The smallest absolute Gasteiger partial charge is 0.463 e. The Labute approximate surface area is 358 Å². The number of hydrogen-bond acceptors (Lipinski definition) is 7. The van der Waals surface area contributed by atoms with Gasteiger partial charge in [0.2, 0.25) is 5.91 Å². The number of aliphatic hydroxyl groups excluding tert-OH is 1. The van der Waals surface area contributed by atoms with Crippen molar-refractivity contribution in [1.29, 1.82) is 0 Å². The highest BCUT2D eigenvalue weighted by atomic mass is 31.2. The number of ether oxygens (including phenoxy) is 1. The monoisotopic (exact) mass is 846 g/mol. The fourth-order valence-electron chi connectivity index (χ4n) is 7.50. The van der Waals surface area contributed by atoms with Gasteiger partial charge in [-0.05, 0) is 12.8 Å². The van der Waals surface area contributed by atoms with Gasteiger partial charge >= 0.3 is 13.8 Å². The molecule has 9 nitrogen and oxygen atoms in total. The van der Waals surface area contributed by atoms with Crippen molar-refractivity contribution < 1.29 is 37.9 Å². The van der Waals surface area contributed by atoms with Crippen molar-refractivity contribution in [3.8, 4) is 0 Å². The van der Waals surface area contributed by atoms with Crippen LogP contribution in [0.25, 0.3) is 0 Å². The molecule has 0 saturated heterocycles. The summed E-state index contributed by atoms with van der Waals surface area (Å²) in [6, 6.07) is 0. The highest BCUT2D eigenvalue weighted by molar-refractivity contribution is 7.47. The van der Waals surface area contributed by atoms with Crippen LogP contribution < -0.4 is 5.32 Å². The van der Waals surface area contributed by atoms with Crippen molar-refractivity contribution in [2.75, 3.05) is 26.4 Å². The van der Waals surface area contributed by atoms with E-state index in [4.69, 9.17) is 13.8 Å². The number of aliphatic hydroxyl groups is 1. The van der Waals surface area contributed by atoms with Gasteiger partial charge < -0.3 is 20.1 Å². The second-order valence-corrected chi connectivity index (χ2v) is 18.6. The van der Waals surface area contributed by atoms with Gasteiger partial charge in [-0.25, -0.2) is 4.57 Å². The Bertz CT molecular complexity index is 922. The lowest BCUT2D eigenvalue weighted by Crippen LogP contribution is -2.27. The number of unbranched alkanes of at least 4 members (excludes halogenated alkanes) is 35. The van der Waals surface area contributed by atoms with Crippen LogP contribution in [0.2, 0.25) is 0 Å². The van der Waals surface area contributed by atoms with Gasteiger partial charge in [-0.15, -0.1) is 0 Å². The van der Waals surface area contributed by atoms with E-state index in [0.29, 0.717) is 12.8 Å². The molecule has 0 fully saturated rings. The highest BCUT2D eigenvalue weighted by Crippen LogP contribution is 2.42. The molecular formula is C48H96NO8P. The van der Waals surface area contributed by atoms with Gasteiger partial charge in [0.05, 0.1) is 13.2 Å². The number of rotatable bonds is 48. The average Bonchev–Trinajstić information content (AvgIpc) is 3.21. The SMILES string of the molecule is CCCCCCCCCCCCCCCCCCCCCCCCCC(=O)NCCOP(=O)(O)OCC(O)COC(=O)CCCCCCCCCCCCCCCC. The van der Waals surface area contributed by atoms with Crippen LogP contribution in [0.5, 0.6) is 0 Å². The van der Waals surface area contributed by atoms with Crippen LogP contribution in [0.4, 0.5) is 0 Å². The molecule has 0 aromatic heterocycles. The minimum absolute atomic E-state index is 0.0888. The standard InChI is InChI=1S/C48H96NO8P/c1-3-5-7-9-11-13-15-17-19-20-21-22-23-24-25-26-27-28-30-32-34-36-38-40-47(51)49-42-43-56-58(53,54)57-45-46(50)44-55-48(52)41-39-37-35-33-31-29-18-16-14-12-10-8-6-4-2/h46,50H,3-45H2,1-2H3,(H,49,51)(H,53,54). The summed E-state index contributed by atoms with van der Waals surface area (Å²) in [7, 11) is -4.41. The topological polar surface area (TPSA) is 131 Å². The number of esters is 1. The van der Waals surface area contributed by atoms with E-state index < -0.39 is 26.5 Å². The van der Waals surface area contributed by atoms with Crippen LogP contribution in [0.15, 0.2) is 0 Å². The molecule has 0 heterocycles. The van der Waals surface area contributed by atoms with Gasteiger partial charge in [0.25, 0.3) is 0 Å². The van der Waals surface area contributed by atoms with Gasteiger partial charge in [-0.3, -0.25) is 18.6 Å². The molecule has 346 valence electrons. The Morgan fingerprint density at radius 3 is 1.12 bits per heavy atom. The van der Waals surface area contributed by atoms with Crippen molar-refractivity contribution in [3.05, 3.63) is 0 Å². The second-order valence-electron chi connectivity index (χ2n) is 17.2. The minimum atomic E-state index is -4.41. The van der Waals surface area contributed by atoms with Gasteiger partial charge in [0.1, 0.15) is 12.7 Å². The summed E-state index contributed by atoms with van der Waals surface area (Å²) in [5, 5.41) is 12.7. The van der Waals surface area contributed by atoms with Gasteiger partial charge in [0, 0.05) is 19.4 Å². The van der Waals surface area contributed by atoms with Crippen molar-refractivity contribution in [3.63, 3.8) is 0 Å². The molecule has 0 rings (SSSR count). The number of phosphoric ester groups is 1. The Balaban J connectivity index is 3.49. The molecule has 0 spiro atoms. The molecule has 0 bridgehead atoms. The molecule has 0 saturated carbocycles. The lowest BCUT2D eigenvalue weighted by atomic mass is 10.0. The number of nitrogens with one attached hydrogen (secondary N) is 1. The summed E-state index contributed by atoms with van der Waals surface area (Å²) in [5.41, 5.74) is 0. The fraction of sp³-hybridized carbons (Fsp3) is 0.958. The third-order valence-corrected chi connectivity index (χ3v) is 12.3. The molecule has 3 N–H and O–H groups in total. The lowest BCUT2D eigenvalue weighted by molar-refractivity contribution is -0.147. The third-order valence-electron chi connectivity index (χ3n) is 11.3. The molecule has 0 aliphatic heterocycles. The first-order valence-electron chi connectivity index (χ1n) is 25.0. The number of amides is 1. The summed E-state index contributed by atoms with van der Waals surface area (Å²) >= 11 is 0. The van der Waals surface area contributed by atoms with Crippen molar-refractivity contribution in [2.45, 2.75) is 270 Å². The van der Waals surface area contributed by atoms with Gasteiger partial charge in [-0.1, -0.05) is 239 Å². The lowest BCUT2D eigenvalue weighted by Gasteiger charge is -2.15.